The number of aromatic nitrogens is 1. The number of nitrogens with zero attached hydrogens (tertiary/aromatic N) is 1. The van der Waals surface area contributed by atoms with Gasteiger partial charge in [-0.3, -0.25) is 4.79 Å². The Morgan fingerprint density at radius 2 is 1.86 bits per heavy atom. The van der Waals surface area contributed by atoms with Crippen molar-refractivity contribution in [1.82, 2.24) is 9.71 Å². The molecular formula is C18H15BrFN3O3S2. The molecule has 1 heterocycles. The molecule has 0 atom stereocenters. The molecule has 0 aliphatic rings. The number of benzene rings is 2. The maximum absolute atomic E-state index is 13.8. The molecule has 0 saturated heterocycles. The van der Waals surface area contributed by atoms with Crippen molar-refractivity contribution in [3.8, 4) is 11.3 Å². The van der Waals surface area contributed by atoms with Crippen molar-refractivity contribution in [3.63, 3.8) is 0 Å². The zero-order valence-corrected chi connectivity index (χ0v) is 17.6. The van der Waals surface area contributed by atoms with Gasteiger partial charge in [0.15, 0.2) is 5.13 Å². The van der Waals surface area contributed by atoms with E-state index in [0.29, 0.717) is 16.4 Å². The molecule has 1 amide bonds. The largest absolute Gasteiger partial charge is 0.302 e. The highest BCUT2D eigenvalue weighted by Gasteiger charge is 2.15. The monoisotopic (exact) mass is 483 g/mol. The molecule has 0 radical (unpaired) electrons. The normalized spacial score (nSPS) is 11.4. The molecule has 0 unspecified atom stereocenters. The lowest BCUT2D eigenvalue weighted by molar-refractivity contribution is -0.116. The SMILES string of the molecule is O=C(CCNS(=O)(=O)c1ccc(Br)cc1)Nc1nc(-c2ccccc2F)cs1. The molecular weight excluding hydrogens is 469 g/mol. The number of carbonyl (C=O) groups is 1. The third kappa shape index (κ3) is 5.22. The maximum atomic E-state index is 13.8. The fourth-order valence-corrected chi connectivity index (χ4v) is 4.32. The molecule has 0 saturated carbocycles. The van der Waals surface area contributed by atoms with Gasteiger partial charge in [-0.05, 0) is 36.4 Å². The summed E-state index contributed by atoms with van der Waals surface area (Å²) in [4.78, 5) is 16.3. The topological polar surface area (TPSA) is 88.2 Å². The second-order valence-corrected chi connectivity index (χ2v) is 9.21. The summed E-state index contributed by atoms with van der Waals surface area (Å²) in [7, 11) is -3.69. The first-order chi connectivity index (χ1) is 13.3. The highest BCUT2D eigenvalue weighted by Crippen LogP contribution is 2.26. The number of carbonyl (C=O) groups excluding carboxylic acids is 1. The van der Waals surface area contributed by atoms with E-state index in [0.717, 1.165) is 4.47 Å². The molecule has 2 aromatic carbocycles. The minimum atomic E-state index is -3.69. The van der Waals surface area contributed by atoms with Crippen LogP contribution < -0.4 is 10.0 Å². The first-order valence-electron chi connectivity index (χ1n) is 8.11. The average molecular weight is 484 g/mol. The number of hydrogen-bond donors (Lipinski definition) is 2. The number of amides is 1. The quantitative estimate of drug-likeness (QED) is 0.531. The maximum Gasteiger partial charge on any atom is 0.240 e. The second kappa shape index (κ2) is 8.91. The van der Waals surface area contributed by atoms with E-state index in [9.17, 15) is 17.6 Å². The molecule has 10 heteroatoms. The van der Waals surface area contributed by atoms with E-state index < -0.39 is 21.7 Å². The van der Waals surface area contributed by atoms with E-state index in [1.54, 1.807) is 35.7 Å². The highest BCUT2D eigenvalue weighted by molar-refractivity contribution is 9.10. The number of hydrogen-bond acceptors (Lipinski definition) is 5. The van der Waals surface area contributed by atoms with Crippen LogP contribution in [-0.2, 0) is 14.8 Å². The van der Waals surface area contributed by atoms with Gasteiger partial charge in [0.1, 0.15) is 5.82 Å². The molecule has 28 heavy (non-hydrogen) atoms. The van der Waals surface area contributed by atoms with Crippen LogP contribution in [0, 0.1) is 5.82 Å². The number of nitrogens with one attached hydrogen (secondary N) is 2. The van der Waals surface area contributed by atoms with Crippen molar-refractivity contribution in [2.75, 3.05) is 11.9 Å². The number of rotatable bonds is 7. The summed E-state index contributed by atoms with van der Waals surface area (Å²) in [6.45, 7) is -0.0597. The van der Waals surface area contributed by atoms with Gasteiger partial charge in [-0.25, -0.2) is 22.5 Å². The Kier molecular flexibility index (Phi) is 6.55. The molecule has 146 valence electrons. The zero-order valence-electron chi connectivity index (χ0n) is 14.4. The average Bonchev–Trinajstić information content (AvgIpc) is 3.10. The predicted molar refractivity (Wildman–Crippen MR) is 110 cm³/mol. The molecule has 3 aromatic rings. The van der Waals surface area contributed by atoms with E-state index in [2.05, 4.69) is 31.0 Å². The molecule has 0 bridgehead atoms. The number of anilines is 1. The van der Waals surface area contributed by atoms with Crippen LogP contribution in [0.5, 0.6) is 0 Å². The second-order valence-electron chi connectivity index (χ2n) is 5.67. The van der Waals surface area contributed by atoms with Gasteiger partial charge >= 0.3 is 0 Å². The first-order valence-corrected chi connectivity index (χ1v) is 11.3. The van der Waals surface area contributed by atoms with Crippen molar-refractivity contribution >= 4 is 48.3 Å². The van der Waals surface area contributed by atoms with Gasteiger partial charge in [0.2, 0.25) is 15.9 Å². The Hall–Kier alpha value is -2.14. The first kappa shape index (κ1) is 20.6. The Labute approximate surface area is 174 Å². The molecule has 0 spiro atoms. The molecule has 0 aliphatic carbocycles. The van der Waals surface area contributed by atoms with Gasteiger partial charge < -0.3 is 5.32 Å². The Balaban J connectivity index is 1.54. The van der Waals surface area contributed by atoms with E-state index >= 15 is 0 Å². The Morgan fingerprint density at radius 1 is 1.14 bits per heavy atom. The van der Waals surface area contributed by atoms with Crippen LogP contribution >= 0.6 is 27.3 Å². The number of halogens is 2. The minimum absolute atomic E-state index is 0.0597. The molecule has 0 fully saturated rings. The fraction of sp³-hybridized carbons (Fsp3) is 0.111. The zero-order chi connectivity index (χ0) is 20.1. The summed E-state index contributed by atoms with van der Waals surface area (Å²) < 4.78 is 41.3. The standard InChI is InChI=1S/C18H15BrFN3O3S2/c19-12-5-7-13(8-6-12)28(25,26)21-10-9-17(24)23-18-22-16(11-27-18)14-3-1-2-4-15(14)20/h1-8,11,21H,9-10H2,(H,22,23,24). The van der Waals surface area contributed by atoms with E-state index in [-0.39, 0.29) is 17.9 Å². The summed E-state index contributed by atoms with van der Waals surface area (Å²) in [5.74, 6) is -0.791. The third-order valence-electron chi connectivity index (χ3n) is 3.67. The molecule has 0 aliphatic heterocycles. The van der Waals surface area contributed by atoms with Gasteiger partial charge in [-0.1, -0.05) is 28.1 Å². The van der Waals surface area contributed by atoms with Crippen molar-refractivity contribution in [2.24, 2.45) is 0 Å². The van der Waals surface area contributed by atoms with Crippen LogP contribution in [0.4, 0.5) is 9.52 Å². The lowest BCUT2D eigenvalue weighted by Gasteiger charge is -2.06. The van der Waals surface area contributed by atoms with Gasteiger partial charge in [0.25, 0.3) is 0 Å². The van der Waals surface area contributed by atoms with Crippen LogP contribution in [0.15, 0.2) is 63.3 Å². The van der Waals surface area contributed by atoms with Crippen LogP contribution in [0.1, 0.15) is 6.42 Å². The van der Waals surface area contributed by atoms with Gasteiger partial charge in [0.05, 0.1) is 10.6 Å². The number of thiazole rings is 1. The summed E-state index contributed by atoms with van der Waals surface area (Å²) in [5.41, 5.74) is 0.774. The van der Waals surface area contributed by atoms with Crippen molar-refractivity contribution < 1.29 is 17.6 Å². The van der Waals surface area contributed by atoms with Crippen molar-refractivity contribution in [1.29, 1.82) is 0 Å². The van der Waals surface area contributed by atoms with E-state index in [1.807, 2.05) is 0 Å². The van der Waals surface area contributed by atoms with E-state index in [4.69, 9.17) is 0 Å². The molecule has 1 aromatic heterocycles. The predicted octanol–water partition coefficient (Wildman–Crippen LogP) is 4.02. The minimum Gasteiger partial charge on any atom is -0.302 e. The van der Waals surface area contributed by atoms with E-state index in [1.165, 1.54) is 29.5 Å². The Bertz CT molecular complexity index is 1090. The lowest BCUT2D eigenvalue weighted by Crippen LogP contribution is -2.27. The van der Waals surface area contributed by atoms with Crippen LogP contribution in [0.3, 0.4) is 0 Å². The van der Waals surface area contributed by atoms with Gasteiger partial charge in [-0.2, -0.15) is 0 Å². The van der Waals surface area contributed by atoms with Crippen LogP contribution in [0.25, 0.3) is 11.3 Å². The van der Waals surface area contributed by atoms with Gasteiger partial charge in [0, 0.05) is 28.4 Å². The van der Waals surface area contributed by atoms with Crippen molar-refractivity contribution in [3.05, 3.63) is 64.2 Å². The smallest absolute Gasteiger partial charge is 0.240 e. The van der Waals surface area contributed by atoms with Crippen LogP contribution in [-0.4, -0.2) is 25.9 Å². The Morgan fingerprint density at radius 3 is 2.57 bits per heavy atom. The lowest BCUT2D eigenvalue weighted by atomic mass is 10.2. The summed E-state index contributed by atoms with van der Waals surface area (Å²) in [6, 6.07) is 12.4. The number of sulfonamides is 1. The van der Waals surface area contributed by atoms with Crippen molar-refractivity contribution in [2.45, 2.75) is 11.3 Å². The highest BCUT2D eigenvalue weighted by atomic mass is 79.9. The molecule has 3 rings (SSSR count). The molecule has 6 nitrogen and oxygen atoms in total. The molecule has 2 N–H and O–H groups in total. The summed E-state index contributed by atoms with van der Waals surface area (Å²) in [6.07, 6.45) is -0.0651. The van der Waals surface area contributed by atoms with Gasteiger partial charge in [-0.15, -0.1) is 11.3 Å². The summed E-state index contributed by atoms with van der Waals surface area (Å²) in [5, 5.41) is 4.55. The summed E-state index contributed by atoms with van der Waals surface area (Å²) >= 11 is 4.41. The fourth-order valence-electron chi connectivity index (χ4n) is 2.30. The van der Waals surface area contributed by atoms with Crippen LogP contribution in [0.2, 0.25) is 0 Å². The third-order valence-corrected chi connectivity index (χ3v) is 6.43.